The molecule has 0 saturated carbocycles. The average molecular weight is 412 g/mol. The van der Waals surface area contributed by atoms with Crippen molar-refractivity contribution in [3.63, 3.8) is 0 Å². The SMILES string of the molecule is Cc1c(N2CCc3nc(N4CCCCC4)nc(Cl)c3CC2)nc(F)c(F)c1F. The van der Waals surface area contributed by atoms with Crippen LogP contribution in [-0.4, -0.2) is 41.1 Å². The van der Waals surface area contributed by atoms with E-state index in [-0.39, 0.29) is 11.4 Å². The van der Waals surface area contributed by atoms with Crippen LogP contribution in [0.2, 0.25) is 5.15 Å². The van der Waals surface area contributed by atoms with Crippen molar-refractivity contribution >= 4 is 23.4 Å². The number of pyridine rings is 1. The van der Waals surface area contributed by atoms with Crippen LogP contribution in [0.25, 0.3) is 0 Å². The van der Waals surface area contributed by atoms with Gasteiger partial charge in [0.1, 0.15) is 11.0 Å². The lowest BCUT2D eigenvalue weighted by atomic mass is 10.1. The van der Waals surface area contributed by atoms with E-state index in [1.54, 1.807) is 4.90 Å². The van der Waals surface area contributed by atoms with Crippen molar-refractivity contribution in [1.82, 2.24) is 15.0 Å². The molecule has 28 heavy (non-hydrogen) atoms. The molecule has 150 valence electrons. The first-order valence-corrected chi connectivity index (χ1v) is 9.89. The van der Waals surface area contributed by atoms with E-state index in [2.05, 4.69) is 14.9 Å². The van der Waals surface area contributed by atoms with Crippen molar-refractivity contribution in [2.75, 3.05) is 36.0 Å². The lowest BCUT2D eigenvalue weighted by Crippen LogP contribution is -2.31. The smallest absolute Gasteiger partial charge is 0.253 e. The third-order valence-electron chi connectivity index (χ3n) is 5.46. The Morgan fingerprint density at radius 1 is 0.821 bits per heavy atom. The molecule has 0 spiro atoms. The number of rotatable bonds is 2. The Hall–Kier alpha value is -2.09. The van der Waals surface area contributed by atoms with Crippen LogP contribution < -0.4 is 9.80 Å². The van der Waals surface area contributed by atoms with Gasteiger partial charge in [-0.15, -0.1) is 0 Å². The van der Waals surface area contributed by atoms with Gasteiger partial charge in [0.05, 0.1) is 5.69 Å². The van der Waals surface area contributed by atoms with E-state index in [1.807, 2.05) is 0 Å². The summed E-state index contributed by atoms with van der Waals surface area (Å²) in [5.74, 6) is -3.41. The summed E-state index contributed by atoms with van der Waals surface area (Å²) in [6, 6.07) is 0. The Morgan fingerprint density at radius 2 is 1.54 bits per heavy atom. The van der Waals surface area contributed by atoms with Crippen LogP contribution in [0.15, 0.2) is 0 Å². The lowest BCUT2D eigenvalue weighted by Gasteiger charge is -2.27. The molecule has 4 rings (SSSR count). The van der Waals surface area contributed by atoms with Crippen molar-refractivity contribution in [1.29, 1.82) is 0 Å². The molecule has 2 aromatic rings. The monoisotopic (exact) mass is 411 g/mol. The highest BCUT2D eigenvalue weighted by atomic mass is 35.5. The number of piperidine rings is 1. The number of nitrogens with zero attached hydrogens (tertiary/aromatic N) is 5. The summed E-state index contributed by atoms with van der Waals surface area (Å²) < 4.78 is 41.1. The summed E-state index contributed by atoms with van der Waals surface area (Å²) in [5.41, 5.74) is 1.70. The molecule has 0 unspecified atom stereocenters. The highest BCUT2D eigenvalue weighted by Crippen LogP contribution is 2.29. The second-order valence-electron chi connectivity index (χ2n) is 7.25. The van der Waals surface area contributed by atoms with Crippen LogP contribution in [0.1, 0.15) is 36.1 Å². The second-order valence-corrected chi connectivity index (χ2v) is 7.61. The molecule has 0 aliphatic carbocycles. The lowest BCUT2D eigenvalue weighted by molar-refractivity contribution is 0.422. The van der Waals surface area contributed by atoms with Gasteiger partial charge in [0.15, 0.2) is 5.82 Å². The second kappa shape index (κ2) is 7.73. The van der Waals surface area contributed by atoms with Crippen LogP contribution in [0.5, 0.6) is 0 Å². The van der Waals surface area contributed by atoms with E-state index in [4.69, 9.17) is 16.6 Å². The zero-order chi connectivity index (χ0) is 19.8. The van der Waals surface area contributed by atoms with Gasteiger partial charge in [0.25, 0.3) is 5.95 Å². The van der Waals surface area contributed by atoms with E-state index in [9.17, 15) is 13.2 Å². The first-order valence-electron chi connectivity index (χ1n) is 9.52. The van der Waals surface area contributed by atoms with Gasteiger partial charge in [-0.05, 0) is 32.6 Å². The van der Waals surface area contributed by atoms with E-state index in [0.29, 0.717) is 37.0 Å². The van der Waals surface area contributed by atoms with Crippen LogP contribution in [0, 0.1) is 24.5 Å². The maximum absolute atomic E-state index is 14.0. The molecule has 2 aliphatic heterocycles. The van der Waals surface area contributed by atoms with Gasteiger partial charge in [-0.1, -0.05) is 11.6 Å². The zero-order valence-corrected chi connectivity index (χ0v) is 16.4. The fourth-order valence-electron chi connectivity index (χ4n) is 3.88. The number of fused-ring (bicyclic) bond motifs is 1. The topological polar surface area (TPSA) is 45.2 Å². The molecular weight excluding hydrogens is 391 g/mol. The van der Waals surface area contributed by atoms with Gasteiger partial charge in [-0.3, -0.25) is 0 Å². The van der Waals surface area contributed by atoms with E-state index in [0.717, 1.165) is 37.2 Å². The molecule has 0 N–H and O–H groups in total. The van der Waals surface area contributed by atoms with Crippen LogP contribution in [-0.2, 0) is 12.8 Å². The van der Waals surface area contributed by atoms with Gasteiger partial charge in [-0.2, -0.15) is 13.8 Å². The Morgan fingerprint density at radius 3 is 2.29 bits per heavy atom. The van der Waals surface area contributed by atoms with E-state index in [1.165, 1.54) is 13.3 Å². The largest absolute Gasteiger partial charge is 0.355 e. The molecule has 0 bridgehead atoms. The zero-order valence-electron chi connectivity index (χ0n) is 15.6. The molecule has 9 heteroatoms. The number of anilines is 2. The maximum atomic E-state index is 14.0. The molecule has 2 aliphatic rings. The van der Waals surface area contributed by atoms with Crippen LogP contribution in [0.4, 0.5) is 24.9 Å². The van der Waals surface area contributed by atoms with E-state index < -0.39 is 17.6 Å². The Labute approximate surface area is 166 Å². The van der Waals surface area contributed by atoms with Gasteiger partial charge in [-0.25, -0.2) is 14.4 Å². The van der Waals surface area contributed by atoms with E-state index >= 15 is 0 Å². The predicted molar refractivity (Wildman–Crippen MR) is 102 cm³/mol. The van der Waals surface area contributed by atoms with Gasteiger partial charge < -0.3 is 9.80 Å². The molecule has 5 nitrogen and oxygen atoms in total. The van der Waals surface area contributed by atoms with Crippen molar-refractivity contribution < 1.29 is 13.2 Å². The van der Waals surface area contributed by atoms with Crippen molar-refractivity contribution in [2.24, 2.45) is 0 Å². The minimum atomic E-state index is -1.54. The summed E-state index contributed by atoms with van der Waals surface area (Å²) in [7, 11) is 0. The quantitative estimate of drug-likeness (QED) is 0.555. The summed E-state index contributed by atoms with van der Waals surface area (Å²) in [6.07, 6.45) is 4.49. The first kappa shape index (κ1) is 19.2. The van der Waals surface area contributed by atoms with Crippen LogP contribution in [0.3, 0.4) is 0 Å². The molecule has 2 aromatic heterocycles. The average Bonchev–Trinajstić information content (AvgIpc) is 2.93. The van der Waals surface area contributed by atoms with Gasteiger partial charge in [0, 0.05) is 43.7 Å². The molecule has 0 amide bonds. The third-order valence-corrected chi connectivity index (χ3v) is 5.77. The predicted octanol–water partition coefficient (Wildman–Crippen LogP) is 3.85. The summed E-state index contributed by atoms with van der Waals surface area (Å²) in [5, 5.41) is 0.425. The molecule has 0 aromatic carbocycles. The molecule has 0 atom stereocenters. The number of hydrogen-bond donors (Lipinski definition) is 0. The first-order chi connectivity index (χ1) is 13.5. The van der Waals surface area contributed by atoms with Gasteiger partial charge >= 0.3 is 0 Å². The minimum absolute atomic E-state index is 0.00366. The van der Waals surface area contributed by atoms with Gasteiger partial charge in [0.2, 0.25) is 11.8 Å². The Kier molecular flexibility index (Phi) is 5.31. The number of halogens is 4. The minimum Gasteiger partial charge on any atom is -0.355 e. The fourth-order valence-corrected chi connectivity index (χ4v) is 4.15. The fraction of sp³-hybridized carbons (Fsp3) is 0.526. The number of aromatic nitrogens is 3. The normalized spacial score (nSPS) is 17.5. The molecular formula is C19H21ClF3N5. The highest BCUT2D eigenvalue weighted by Gasteiger charge is 2.26. The Balaban J connectivity index is 1.61. The molecule has 1 saturated heterocycles. The number of hydrogen-bond acceptors (Lipinski definition) is 5. The van der Waals surface area contributed by atoms with Crippen molar-refractivity contribution in [2.45, 2.75) is 39.0 Å². The highest BCUT2D eigenvalue weighted by molar-refractivity contribution is 6.30. The third kappa shape index (κ3) is 3.50. The molecule has 4 heterocycles. The summed E-state index contributed by atoms with van der Waals surface area (Å²) in [6.45, 7) is 4.13. The molecule has 1 fully saturated rings. The summed E-state index contributed by atoms with van der Waals surface area (Å²) in [4.78, 5) is 16.8. The van der Waals surface area contributed by atoms with Crippen LogP contribution >= 0.6 is 11.6 Å². The van der Waals surface area contributed by atoms with Crippen molar-refractivity contribution in [3.8, 4) is 0 Å². The standard InChI is InChI=1S/C19H21ClF3N5/c1-11-14(21)15(22)17(23)26-18(11)27-9-5-12-13(6-10-27)24-19(25-16(12)20)28-7-3-2-4-8-28/h2-10H2,1H3. The Bertz CT molecular complexity index is 902. The molecule has 0 radical (unpaired) electrons. The maximum Gasteiger partial charge on any atom is 0.253 e. The summed E-state index contributed by atoms with van der Waals surface area (Å²) >= 11 is 6.45. The van der Waals surface area contributed by atoms with Crippen molar-refractivity contribution in [3.05, 3.63) is 39.6 Å².